The third-order valence-corrected chi connectivity index (χ3v) is 7.20. The smallest absolute Gasteiger partial charge is 0.305 e. The van der Waals surface area contributed by atoms with E-state index in [9.17, 15) is 9.90 Å². The number of anilines is 2. The molecule has 178 valence electrons. The highest BCUT2D eigenvalue weighted by atomic mass is 35.5. The molecule has 0 aliphatic carbocycles. The predicted molar refractivity (Wildman–Crippen MR) is 130 cm³/mol. The van der Waals surface area contributed by atoms with E-state index in [2.05, 4.69) is 28.6 Å². The van der Waals surface area contributed by atoms with Crippen molar-refractivity contribution >= 4 is 28.9 Å². The molecule has 3 heterocycles. The third kappa shape index (κ3) is 5.29. The van der Waals surface area contributed by atoms with Gasteiger partial charge in [0.1, 0.15) is 11.9 Å². The number of carboxylic acid groups (broad SMARTS) is 1. The van der Waals surface area contributed by atoms with Crippen molar-refractivity contribution in [3.63, 3.8) is 0 Å². The van der Waals surface area contributed by atoms with Crippen molar-refractivity contribution in [1.29, 1.82) is 0 Å². The van der Waals surface area contributed by atoms with Crippen LogP contribution in [0.4, 0.5) is 11.4 Å². The molecule has 33 heavy (non-hydrogen) atoms. The molecule has 2 aliphatic heterocycles. The number of methoxy groups -OCH3 is 1. The lowest BCUT2D eigenvalue weighted by molar-refractivity contribution is -0.137. The maximum absolute atomic E-state index is 11.3. The second kappa shape index (κ2) is 10.1. The molecule has 0 amide bonds. The lowest BCUT2D eigenvalue weighted by Gasteiger charge is -2.38. The van der Waals surface area contributed by atoms with E-state index in [1.54, 1.807) is 13.3 Å². The average Bonchev–Trinajstić information content (AvgIpc) is 3.15. The van der Waals surface area contributed by atoms with E-state index in [0.29, 0.717) is 22.7 Å². The highest BCUT2D eigenvalue weighted by molar-refractivity contribution is 6.33. The second-order valence-electron chi connectivity index (χ2n) is 9.16. The van der Waals surface area contributed by atoms with Crippen molar-refractivity contribution in [3.8, 4) is 11.6 Å². The fraction of sp³-hybridized carbons (Fsp3) is 0.520. The summed E-state index contributed by atoms with van der Waals surface area (Å²) in [5.41, 5.74) is 2.00. The van der Waals surface area contributed by atoms with E-state index >= 15 is 0 Å². The summed E-state index contributed by atoms with van der Waals surface area (Å²) in [6.07, 6.45) is 3.81. The first-order valence-electron chi connectivity index (χ1n) is 11.6. The van der Waals surface area contributed by atoms with E-state index < -0.39 is 5.97 Å². The standard InChI is InChI=1S/C25H32ClN3O4/c1-16-8-11-29(21(16)13-25(30)31)18-4-6-19(7-5-18)33-23-9-10-28(15-17(23)2)22-12-24(32-3)27-14-20(22)26/h4-7,12,14,16-17,21,23H,8-11,13,15H2,1-3H3,(H,30,31)/t16-,17-,21+,23?/m1/s1. The Morgan fingerprint density at radius 1 is 1.18 bits per heavy atom. The van der Waals surface area contributed by atoms with Gasteiger partial charge in [0.05, 0.1) is 30.4 Å². The van der Waals surface area contributed by atoms with Crippen LogP contribution in [0.3, 0.4) is 0 Å². The SMILES string of the molecule is COc1cc(N2CCC(Oc3ccc(N4CC[C@@H](C)[C@@H]4CC(=O)O)cc3)[C@H](C)C2)c(Cl)cn1. The van der Waals surface area contributed by atoms with Crippen LogP contribution in [0.15, 0.2) is 36.5 Å². The Morgan fingerprint density at radius 3 is 2.61 bits per heavy atom. The Bertz CT molecular complexity index is 971. The maximum atomic E-state index is 11.3. The van der Waals surface area contributed by atoms with Crippen LogP contribution in [-0.4, -0.2) is 54.9 Å². The molecule has 0 bridgehead atoms. The molecule has 1 unspecified atom stereocenters. The molecule has 1 aromatic heterocycles. The third-order valence-electron chi connectivity index (χ3n) is 6.91. The number of halogens is 1. The van der Waals surface area contributed by atoms with E-state index in [1.807, 2.05) is 30.3 Å². The molecule has 0 saturated carbocycles. The number of piperidine rings is 1. The average molecular weight is 474 g/mol. The second-order valence-corrected chi connectivity index (χ2v) is 9.57. The first-order valence-corrected chi connectivity index (χ1v) is 11.9. The molecule has 1 N–H and O–H groups in total. The number of ether oxygens (including phenoxy) is 2. The first-order chi connectivity index (χ1) is 15.9. The number of carbonyl (C=O) groups is 1. The van der Waals surface area contributed by atoms with Crippen LogP contribution in [-0.2, 0) is 4.79 Å². The molecule has 4 rings (SSSR count). The van der Waals surface area contributed by atoms with Gasteiger partial charge in [-0.3, -0.25) is 4.79 Å². The van der Waals surface area contributed by atoms with E-state index in [0.717, 1.165) is 49.6 Å². The summed E-state index contributed by atoms with van der Waals surface area (Å²) in [5, 5.41) is 9.89. The minimum atomic E-state index is -0.745. The van der Waals surface area contributed by atoms with Crippen molar-refractivity contribution in [2.24, 2.45) is 11.8 Å². The van der Waals surface area contributed by atoms with Crippen LogP contribution in [0.2, 0.25) is 5.02 Å². The number of aromatic nitrogens is 1. The Labute approximate surface area is 200 Å². The van der Waals surface area contributed by atoms with Crippen LogP contribution in [0, 0.1) is 11.8 Å². The van der Waals surface area contributed by atoms with Gasteiger partial charge in [-0.1, -0.05) is 25.4 Å². The largest absolute Gasteiger partial charge is 0.490 e. The summed E-state index contributed by atoms with van der Waals surface area (Å²) in [7, 11) is 1.60. The van der Waals surface area contributed by atoms with Gasteiger partial charge in [-0.2, -0.15) is 0 Å². The maximum Gasteiger partial charge on any atom is 0.305 e. The fourth-order valence-corrected chi connectivity index (χ4v) is 5.21. The van der Waals surface area contributed by atoms with Crippen molar-refractivity contribution < 1.29 is 19.4 Å². The predicted octanol–water partition coefficient (Wildman–Crippen LogP) is 4.73. The minimum absolute atomic E-state index is 0.0391. The lowest BCUT2D eigenvalue weighted by atomic mass is 9.96. The van der Waals surface area contributed by atoms with Gasteiger partial charge >= 0.3 is 5.97 Å². The summed E-state index contributed by atoms with van der Waals surface area (Å²) >= 11 is 6.39. The number of carboxylic acids is 1. The molecule has 2 saturated heterocycles. The van der Waals surface area contributed by atoms with E-state index in [1.165, 1.54) is 0 Å². The Hall–Kier alpha value is -2.67. The van der Waals surface area contributed by atoms with Gasteiger partial charge in [0.15, 0.2) is 0 Å². The summed E-state index contributed by atoms with van der Waals surface area (Å²) in [4.78, 5) is 19.9. The van der Waals surface area contributed by atoms with Crippen LogP contribution < -0.4 is 19.3 Å². The molecule has 7 nitrogen and oxygen atoms in total. The topological polar surface area (TPSA) is 75.1 Å². The van der Waals surface area contributed by atoms with Crippen molar-refractivity contribution in [1.82, 2.24) is 4.98 Å². The van der Waals surface area contributed by atoms with Gasteiger partial charge in [0.25, 0.3) is 0 Å². The van der Waals surface area contributed by atoms with Gasteiger partial charge in [-0.25, -0.2) is 4.98 Å². The monoisotopic (exact) mass is 473 g/mol. The highest BCUT2D eigenvalue weighted by Gasteiger charge is 2.33. The van der Waals surface area contributed by atoms with Crippen molar-refractivity contribution in [2.45, 2.75) is 45.3 Å². The number of hydrogen-bond donors (Lipinski definition) is 1. The fourth-order valence-electron chi connectivity index (χ4n) is 4.99. The van der Waals surface area contributed by atoms with Gasteiger partial charge < -0.3 is 24.4 Å². The zero-order chi connectivity index (χ0) is 23.5. The Kier molecular flexibility index (Phi) is 7.17. The molecule has 1 aromatic carbocycles. The van der Waals surface area contributed by atoms with Crippen molar-refractivity contribution in [3.05, 3.63) is 41.6 Å². The molecular formula is C25H32ClN3O4. The molecule has 2 aliphatic rings. The molecule has 4 atom stereocenters. The molecule has 2 fully saturated rings. The summed E-state index contributed by atoms with van der Waals surface area (Å²) in [5.74, 6) is 1.34. The summed E-state index contributed by atoms with van der Waals surface area (Å²) in [6.45, 7) is 6.88. The summed E-state index contributed by atoms with van der Waals surface area (Å²) in [6, 6.07) is 10.0. The lowest BCUT2D eigenvalue weighted by Crippen LogP contribution is -2.44. The highest BCUT2D eigenvalue weighted by Crippen LogP contribution is 2.35. The van der Waals surface area contributed by atoms with Crippen LogP contribution >= 0.6 is 11.6 Å². The Morgan fingerprint density at radius 2 is 1.94 bits per heavy atom. The molecule has 2 aromatic rings. The molecule has 0 radical (unpaired) electrons. The number of nitrogens with zero attached hydrogens (tertiary/aromatic N) is 3. The Balaban J connectivity index is 1.38. The molecule has 0 spiro atoms. The zero-order valence-corrected chi connectivity index (χ0v) is 20.2. The number of rotatable bonds is 7. The summed E-state index contributed by atoms with van der Waals surface area (Å²) < 4.78 is 11.6. The van der Waals surface area contributed by atoms with Gasteiger partial charge in [0.2, 0.25) is 5.88 Å². The van der Waals surface area contributed by atoms with Crippen LogP contribution in [0.1, 0.15) is 33.1 Å². The normalized spacial score (nSPS) is 25.2. The quantitative estimate of drug-likeness (QED) is 0.623. The van der Waals surface area contributed by atoms with Crippen LogP contribution in [0.25, 0.3) is 0 Å². The van der Waals surface area contributed by atoms with Gasteiger partial charge in [-0.05, 0) is 36.6 Å². The number of pyridine rings is 1. The number of aliphatic carboxylic acids is 1. The molecule has 8 heteroatoms. The number of benzene rings is 1. The number of hydrogen-bond acceptors (Lipinski definition) is 6. The zero-order valence-electron chi connectivity index (χ0n) is 19.4. The van der Waals surface area contributed by atoms with Crippen molar-refractivity contribution in [2.75, 3.05) is 36.5 Å². The molecular weight excluding hydrogens is 442 g/mol. The van der Waals surface area contributed by atoms with E-state index in [-0.39, 0.29) is 18.6 Å². The van der Waals surface area contributed by atoms with Gasteiger partial charge in [0, 0.05) is 49.8 Å². The minimum Gasteiger partial charge on any atom is -0.490 e. The van der Waals surface area contributed by atoms with E-state index in [4.69, 9.17) is 21.1 Å². The van der Waals surface area contributed by atoms with Gasteiger partial charge in [-0.15, -0.1) is 0 Å². The van der Waals surface area contributed by atoms with Crippen LogP contribution in [0.5, 0.6) is 11.6 Å². The first kappa shape index (κ1) is 23.5.